The van der Waals surface area contributed by atoms with E-state index >= 15 is 0 Å². The first-order valence-corrected chi connectivity index (χ1v) is 6.34. The zero-order valence-electron chi connectivity index (χ0n) is 11.7. The van der Waals surface area contributed by atoms with Crippen molar-refractivity contribution in [3.05, 3.63) is 23.8 Å². The summed E-state index contributed by atoms with van der Waals surface area (Å²) in [5.74, 6) is 0.993. The van der Waals surface area contributed by atoms with Gasteiger partial charge in [-0.25, -0.2) is 0 Å². The van der Waals surface area contributed by atoms with Crippen LogP contribution in [0.5, 0.6) is 11.5 Å². The number of benzene rings is 1. The number of carbonyl (C=O) groups excluding carboxylic acids is 1. The summed E-state index contributed by atoms with van der Waals surface area (Å²) in [7, 11) is 3.10. The molecule has 0 aliphatic heterocycles. The summed E-state index contributed by atoms with van der Waals surface area (Å²) in [6.45, 7) is 2.55. The highest BCUT2D eigenvalue weighted by Crippen LogP contribution is 2.23. The molecule has 1 aromatic carbocycles. The third-order valence-corrected chi connectivity index (χ3v) is 2.77. The number of ether oxygens (including phenoxy) is 2. The van der Waals surface area contributed by atoms with Gasteiger partial charge in [0.2, 0.25) is 0 Å². The number of rotatable bonds is 7. The van der Waals surface area contributed by atoms with E-state index in [1.54, 1.807) is 25.3 Å². The van der Waals surface area contributed by atoms with E-state index in [-0.39, 0.29) is 11.9 Å². The predicted molar refractivity (Wildman–Crippen MR) is 74.8 cm³/mol. The van der Waals surface area contributed by atoms with Gasteiger partial charge in [-0.15, -0.1) is 0 Å². The summed E-state index contributed by atoms with van der Waals surface area (Å²) in [4.78, 5) is 12.1. The highest BCUT2D eigenvalue weighted by atomic mass is 16.5. The van der Waals surface area contributed by atoms with Crippen molar-refractivity contribution in [2.24, 2.45) is 5.73 Å². The van der Waals surface area contributed by atoms with Crippen molar-refractivity contribution in [3.8, 4) is 11.5 Å². The van der Waals surface area contributed by atoms with Crippen LogP contribution in [-0.4, -0.2) is 32.7 Å². The first kappa shape index (κ1) is 15.3. The Morgan fingerprint density at radius 1 is 1.37 bits per heavy atom. The maximum absolute atomic E-state index is 12.1. The predicted octanol–water partition coefficient (Wildman–Crippen LogP) is 1.56. The number of methoxy groups -OCH3 is 2. The van der Waals surface area contributed by atoms with Crippen LogP contribution in [0.25, 0.3) is 0 Å². The molecule has 1 unspecified atom stereocenters. The fourth-order valence-electron chi connectivity index (χ4n) is 1.71. The van der Waals surface area contributed by atoms with E-state index in [0.29, 0.717) is 23.6 Å². The van der Waals surface area contributed by atoms with E-state index in [9.17, 15) is 4.79 Å². The van der Waals surface area contributed by atoms with Crippen LogP contribution in [0.15, 0.2) is 18.2 Å². The Hall–Kier alpha value is -1.75. The van der Waals surface area contributed by atoms with Crippen LogP contribution in [0.2, 0.25) is 0 Å². The fraction of sp³-hybridized carbons (Fsp3) is 0.500. The third kappa shape index (κ3) is 4.79. The van der Waals surface area contributed by atoms with Crippen LogP contribution in [0, 0.1) is 0 Å². The van der Waals surface area contributed by atoms with Crippen molar-refractivity contribution in [1.29, 1.82) is 0 Å². The monoisotopic (exact) mass is 266 g/mol. The average molecular weight is 266 g/mol. The SMILES string of the molecule is COc1ccc(OC)c(C(=O)NCCCC(C)N)c1. The molecule has 0 aromatic heterocycles. The van der Waals surface area contributed by atoms with Crippen LogP contribution in [0.3, 0.4) is 0 Å². The smallest absolute Gasteiger partial charge is 0.255 e. The van der Waals surface area contributed by atoms with Gasteiger partial charge in [-0.1, -0.05) is 0 Å². The van der Waals surface area contributed by atoms with E-state index in [2.05, 4.69) is 5.32 Å². The normalized spacial score (nSPS) is 11.8. The van der Waals surface area contributed by atoms with Gasteiger partial charge < -0.3 is 20.5 Å². The summed E-state index contributed by atoms with van der Waals surface area (Å²) in [6, 6.07) is 5.30. The van der Waals surface area contributed by atoms with Crippen molar-refractivity contribution in [2.75, 3.05) is 20.8 Å². The molecule has 19 heavy (non-hydrogen) atoms. The zero-order chi connectivity index (χ0) is 14.3. The van der Waals surface area contributed by atoms with Gasteiger partial charge in [0, 0.05) is 12.6 Å². The lowest BCUT2D eigenvalue weighted by atomic mass is 10.1. The number of hydrogen-bond acceptors (Lipinski definition) is 4. The van der Waals surface area contributed by atoms with Crippen LogP contribution in [-0.2, 0) is 0 Å². The number of nitrogens with one attached hydrogen (secondary N) is 1. The maximum Gasteiger partial charge on any atom is 0.255 e. The van der Waals surface area contributed by atoms with Gasteiger partial charge in [0.15, 0.2) is 0 Å². The Morgan fingerprint density at radius 3 is 2.68 bits per heavy atom. The lowest BCUT2D eigenvalue weighted by molar-refractivity contribution is 0.0949. The third-order valence-electron chi connectivity index (χ3n) is 2.77. The molecule has 5 heteroatoms. The van der Waals surface area contributed by atoms with Gasteiger partial charge in [0.1, 0.15) is 11.5 Å². The molecule has 0 aliphatic rings. The molecule has 0 heterocycles. The minimum Gasteiger partial charge on any atom is -0.497 e. The van der Waals surface area contributed by atoms with Crippen molar-refractivity contribution < 1.29 is 14.3 Å². The molecular formula is C14H22N2O3. The maximum atomic E-state index is 12.1. The summed E-state index contributed by atoms with van der Waals surface area (Å²) >= 11 is 0. The quantitative estimate of drug-likeness (QED) is 0.735. The van der Waals surface area contributed by atoms with E-state index < -0.39 is 0 Å². The molecule has 0 saturated heterocycles. The molecule has 3 N–H and O–H groups in total. The highest BCUT2D eigenvalue weighted by Gasteiger charge is 2.13. The fourth-order valence-corrected chi connectivity index (χ4v) is 1.71. The molecule has 0 spiro atoms. The topological polar surface area (TPSA) is 73.6 Å². The van der Waals surface area contributed by atoms with Crippen molar-refractivity contribution in [2.45, 2.75) is 25.8 Å². The molecule has 1 atom stereocenters. The standard InChI is InChI=1S/C14H22N2O3/c1-10(15)5-4-8-16-14(17)12-9-11(18-2)6-7-13(12)19-3/h6-7,9-10H,4-5,8,15H2,1-3H3,(H,16,17). The van der Waals surface area contributed by atoms with Gasteiger partial charge in [-0.2, -0.15) is 0 Å². The number of nitrogens with two attached hydrogens (primary N) is 1. The van der Waals surface area contributed by atoms with Gasteiger partial charge in [0.25, 0.3) is 5.91 Å². The van der Waals surface area contributed by atoms with Crippen molar-refractivity contribution in [3.63, 3.8) is 0 Å². The van der Waals surface area contributed by atoms with E-state index in [1.165, 1.54) is 7.11 Å². The molecule has 0 aliphatic carbocycles. The van der Waals surface area contributed by atoms with Gasteiger partial charge in [-0.05, 0) is 38.0 Å². The largest absolute Gasteiger partial charge is 0.497 e. The minimum atomic E-state index is -0.166. The second kappa shape index (κ2) is 7.63. The second-order valence-electron chi connectivity index (χ2n) is 4.44. The summed E-state index contributed by atoms with van der Waals surface area (Å²) in [6.07, 6.45) is 1.74. The summed E-state index contributed by atoms with van der Waals surface area (Å²) in [5, 5.41) is 2.85. The van der Waals surface area contributed by atoms with Crippen LogP contribution in [0.4, 0.5) is 0 Å². The Kier molecular flexibility index (Phi) is 6.15. The number of hydrogen-bond donors (Lipinski definition) is 2. The lowest BCUT2D eigenvalue weighted by Crippen LogP contribution is -2.26. The molecule has 1 rings (SSSR count). The minimum absolute atomic E-state index is 0.156. The zero-order valence-corrected chi connectivity index (χ0v) is 11.7. The molecule has 1 amide bonds. The molecule has 0 radical (unpaired) electrons. The van der Waals surface area contributed by atoms with Crippen LogP contribution < -0.4 is 20.5 Å². The summed E-state index contributed by atoms with van der Waals surface area (Å²) < 4.78 is 10.3. The molecule has 1 aromatic rings. The average Bonchev–Trinajstić information content (AvgIpc) is 2.42. The van der Waals surface area contributed by atoms with Crippen molar-refractivity contribution in [1.82, 2.24) is 5.32 Å². The molecule has 0 bridgehead atoms. The van der Waals surface area contributed by atoms with E-state index in [0.717, 1.165) is 12.8 Å². The Bertz CT molecular complexity index is 419. The van der Waals surface area contributed by atoms with E-state index in [1.807, 2.05) is 6.92 Å². The molecule has 0 saturated carbocycles. The van der Waals surface area contributed by atoms with Crippen LogP contribution in [0.1, 0.15) is 30.1 Å². The second-order valence-corrected chi connectivity index (χ2v) is 4.44. The highest BCUT2D eigenvalue weighted by molar-refractivity contribution is 5.97. The van der Waals surface area contributed by atoms with E-state index in [4.69, 9.17) is 15.2 Å². The first-order valence-electron chi connectivity index (χ1n) is 6.34. The Balaban J connectivity index is 2.64. The number of amides is 1. The number of carbonyl (C=O) groups is 1. The molecule has 5 nitrogen and oxygen atoms in total. The Labute approximate surface area is 114 Å². The first-order chi connectivity index (χ1) is 9.08. The molecular weight excluding hydrogens is 244 g/mol. The van der Waals surface area contributed by atoms with Crippen LogP contribution >= 0.6 is 0 Å². The lowest BCUT2D eigenvalue weighted by Gasteiger charge is -2.11. The van der Waals surface area contributed by atoms with Gasteiger partial charge in [0.05, 0.1) is 19.8 Å². The van der Waals surface area contributed by atoms with Gasteiger partial charge >= 0.3 is 0 Å². The molecule has 0 fully saturated rings. The van der Waals surface area contributed by atoms with Crippen molar-refractivity contribution >= 4 is 5.91 Å². The Morgan fingerprint density at radius 2 is 2.11 bits per heavy atom. The summed E-state index contributed by atoms with van der Waals surface area (Å²) in [5.41, 5.74) is 6.13. The van der Waals surface area contributed by atoms with Gasteiger partial charge in [-0.3, -0.25) is 4.79 Å². The molecule has 106 valence electrons.